The van der Waals surface area contributed by atoms with Crippen molar-refractivity contribution < 1.29 is 4.79 Å². The fraction of sp³-hybridized carbons (Fsp3) is 0.917. The van der Waals surface area contributed by atoms with Crippen LogP contribution in [0.25, 0.3) is 0 Å². The third kappa shape index (κ3) is 3.39. The lowest BCUT2D eigenvalue weighted by molar-refractivity contribution is -0.133. The van der Waals surface area contributed by atoms with Crippen LogP contribution in [0, 0.1) is 5.41 Å². The van der Waals surface area contributed by atoms with E-state index in [0.29, 0.717) is 0 Å². The molecular weight excluding hydrogens is 220 g/mol. The van der Waals surface area contributed by atoms with Gasteiger partial charge in [0, 0.05) is 29.9 Å². The van der Waals surface area contributed by atoms with Crippen LogP contribution < -0.4 is 5.32 Å². The molecule has 0 saturated carbocycles. The van der Waals surface area contributed by atoms with Crippen molar-refractivity contribution in [3.8, 4) is 0 Å². The van der Waals surface area contributed by atoms with E-state index in [1.54, 1.807) is 0 Å². The molecule has 1 atom stereocenters. The van der Waals surface area contributed by atoms with Crippen LogP contribution in [-0.4, -0.2) is 35.3 Å². The van der Waals surface area contributed by atoms with Crippen LogP contribution >= 0.6 is 12.6 Å². The highest BCUT2D eigenvalue weighted by Crippen LogP contribution is 2.32. The third-order valence-corrected chi connectivity index (χ3v) is 3.72. The van der Waals surface area contributed by atoms with Crippen LogP contribution in [0.1, 0.15) is 40.5 Å². The second-order valence-electron chi connectivity index (χ2n) is 5.36. The quantitative estimate of drug-likeness (QED) is 0.743. The van der Waals surface area contributed by atoms with Gasteiger partial charge >= 0.3 is 0 Å². The standard InChI is InChI=1S/C12H24N2OS/c1-9(2)13-11(15)12(4)5-7-14(8-6-12)10(3)16/h9-10,16H,5-8H2,1-4H3,(H,13,15). The van der Waals surface area contributed by atoms with Gasteiger partial charge in [0.2, 0.25) is 5.91 Å². The maximum atomic E-state index is 12.1. The molecule has 94 valence electrons. The van der Waals surface area contributed by atoms with Crippen LogP contribution in [0.4, 0.5) is 0 Å². The van der Waals surface area contributed by atoms with Crippen LogP contribution in [-0.2, 0) is 4.79 Å². The van der Waals surface area contributed by atoms with E-state index < -0.39 is 0 Å². The van der Waals surface area contributed by atoms with E-state index in [1.165, 1.54) is 0 Å². The maximum Gasteiger partial charge on any atom is 0.226 e. The molecular formula is C12H24N2OS. The zero-order valence-corrected chi connectivity index (χ0v) is 11.7. The summed E-state index contributed by atoms with van der Waals surface area (Å²) in [7, 11) is 0. The highest BCUT2D eigenvalue weighted by molar-refractivity contribution is 7.80. The SMILES string of the molecule is CC(C)NC(=O)C1(C)CCN(C(C)S)CC1. The molecule has 1 unspecified atom stereocenters. The normalized spacial score (nSPS) is 23.1. The highest BCUT2D eigenvalue weighted by atomic mass is 32.1. The topological polar surface area (TPSA) is 32.3 Å². The van der Waals surface area contributed by atoms with Crippen molar-refractivity contribution in [3.63, 3.8) is 0 Å². The fourth-order valence-corrected chi connectivity index (χ4v) is 2.29. The number of nitrogens with zero attached hydrogens (tertiary/aromatic N) is 1. The predicted molar refractivity (Wildman–Crippen MR) is 70.6 cm³/mol. The molecule has 1 saturated heterocycles. The molecule has 1 fully saturated rings. The number of thiol groups is 1. The second-order valence-corrected chi connectivity index (χ2v) is 6.10. The summed E-state index contributed by atoms with van der Waals surface area (Å²) >= 11 is 4.43. The predicted octanol–water partition coefficient (Wildman–Crippen LogP) is 1.89. The molecule has 0 radical (unpaired) electrons. The van der Waals surface area contributed by atoms with Crippen molar-refractivity contribution in [1.29, 1.82) is 0 Å². The molecule has 0 spiro atoms. The summed E-state index contributed by atoms with van der Waals surface area (Å²) in [6.07, 6.45) is 1.85. The first-order valence-corrected chi connectivity index (χ1v) is 6.60. The average Bonchev–Trinajstić information content (AvgIpc) is 2.17. The van der Waals surface area contributed by atoms with E-state index in [9.17, 15) is 4.79 Å². The Morgan fingerprint density at radius 3 is 2.19 bits per heavy atom. The number of carbonyl (C=O) groups excluding carboxylic acids is 1. The molecule has 3 nitrogen and oxygen atoms in total. The molecule has 1 aliphatic heterocycles. The molecule has 0 aliphatic carbocycles. The van der Waals surface area contributed by atoms with Crippen LogP contribution in [0.5, 0.6) is 0 Å². The molecule has 1 N–H and O–H groups in total. The Morgan fingerprint density at radius 2 is 1.81 bits per heavy atom. The third-order valence-electron chi connectivity index (χ3n) is 3.40. The van der Waals surface area contributed by atoms with Crippen molar-refractivity contribution >= 4 is 18.5 Å². The van der Waals surface area contributed by atoms with Gasteiger partial charge in [0.15, 0.2) is 0 Å². The molecule has 0 aromatic heterocycles. The maximum absolute atomic E-state index is 12.1. The minimum absolute atomic E-state index is 0.191. The fourth-order valence-electron chi connectivity index (χ4n) is 2.05. The van der Waals surface area contributed by atoms with Gasteiger partial charge in [-0.2, -0.15) is 12.6 Å². The Bertz CT molecular complexity index is 245. The zero-order chi connectivity index (χ0) is 12.3. The molecule has 1 rings (SSSR count). The second kappa shape index (κ2) is 5.41. The average molecular weight is 244 g/mol. The number of amides is 1. The molecule has 1 amide bonds. The molecule has 1 aliphatic rings. The van der Waals surface area contributed by atoms with Gasteiger partial charge in [0.1, 0.15) is 0 Å². The Balaban J connectivity index is 2.52. The van der Waals surface area contributed by atoms with E-state index in [-0.39, 0.29) is 22.7 Å². The lowest BCUT2D eigenvalue weighted by atomic mass is 9.79. The van der Waals surface area contributed by atoms with Gasteiger partial charge in [-0.25, -0.2) is 0 Å². The lowest BCUT2D eigenvalue weighted by Gasteiger charge is -2.40. The van der Waals surface area contributed by atoms with Gasteiger partial charge in [-0.3, -0.25) is 9.69 Å². The van der Waals surface area contributed by atoms with E-state index >= 15 is 0 Å². The number of hydrogen-bond donors (Lipinski definition) is 2. The van der Waals surface area contributed by atoms with Gasteiger partial charge in [0.05, 0.1) is 0 Å². The Labute approximate surface area is 104 Å². The number of nitrogens with one attached hydrogen (secondary N) is 1. The largest absolute Gasteiger partial charge is 0.353 e. The molecule has 0 aromatic rings. The van der Waals surface area contributed by atoms with Crippen molar-refractivity contribution in [2.24, 2.45) is 5.41 Å². The monoisotopic (exact) mass is 244 g/mol. The summed E-state index contributed by atoms with van der Waals surface area (Å²) < 4.78 is 0. The molecule has 1 heterocycles. The first kappa shape index (κ1) is 13.8. The van der Waals surface area contributed by atoms with E-state index in [2.05, 4.69) is 36.7 Å². The van der Waals surface area contributed by atoms with Crippen LogP contribution in [0.2, 0.25) is 0 Å². The summed E-state index contributed by atoms with van der Waals surface area (Å²) in [5, 5.41) is 3.31. The van der Waals surface area contributed by atoms with Crippen molar-refractivity contribution in [3.05, 3.63) is 0 Å². The Hall–Kier alpha value is -0.220. The summed E-state index contributed by atoms with van der Waals surface area (Å²) in [6.45, 7) is 10.1. The summed E-state index contributed by atoms with van der Waals surface area (Å²) in [6, 6.07) is 0.228. The minimum Gasteiger partial charge on any atom is -0.353 e. The summed E-state index contributed by atoms with van der Waals surface area (Å²) in [5.74, 6) is 0.203. The van der Waals surface area contributed by atoms with Crippen molar-refractivity contribution in [2.45, 2.75) is 52.0 Å². The van der Waals surface area contributed by atoms with Gasteiger partial charge < -0.3 is 5.32 Å². The lowest BCUT2D eigenvalue weighted by Crippen LogP contribution is -2.49. The number of hydrogen-bond acceptors (Lipinski definition) is 3. The minimum atomic E-state index is -0.191. The Kier molecular flexibility index (Phi) is 4.68. The zero-order valence-electron chi connectivity index (χ0n) is 10.8. The molecule has 4 heteroatoms. The van der Waals surface area contributed by atoms with Crippen LogP contribution in [0.15, 0.2) is 0 Å². The molecule has 0 aromatic carbocycles. The van der Waals surface area contributed by atoms with E-state index in [4.69, 9.17) is 0 Å². The van der Waals surface area contributed by atoms with Gasteiger partial charge in [-0.05, 0) is 33.6 Å². The van der Waals surface area contributed by atoms with E-state index in [1.807, 2.05) is 13.8 Å². The van der Waals surface area contributed by atoms with Gasteiger partial charge in [-0.1, -0.05) is 6.92 Å². The number of carbonyl (C=O) groups is 1. The smallest absolute Gasteiger partial charge is 0.226 e. The number of likely N-dealkylation sites (tertiary alicyclic amines) is 1. The first-order valence-electron chi connectivity index (χ1n) is 6.08. The van der Waals surface area contributed by atoms with Gasteiger partial charge in [0.25, 0.3) is 0 Å². The number of rotatable bonds is 3. The van der Waals surface area contributed by atoms with Crippen LogP contribution in [0.3, 0.4) is 0 Å². The van der Waals surface area contributed by atoms with E-state index in [0.717, 1.165) is 25.9 Å². The first-order chi connectivity index (χ1) is 7.35. The molecule has 0 bridgehead atoms. The van der Waals surface area contributed by atoms with Gasteiger partial charge in [-0.15, -0.1) is 0 Å². The van der Waals surface area contributed by atoms with Crippen molar-refractivity contribution in [1.82, 2.24) is 10.2 Å². The summed E-state index contributed by atoms with van der Waals surface area (Å²) in [5.41, 5.74) is -0.191. The summed E-state index contributed by atoms with van der Waals surface area (Å²) in [4.78, 5) is 14.4. The molecule has 16 heavy (non-hydrogen) atoms. The van der Waals surface area contributed by atoms with Crippen molar-refractivity contribution in [2.75, 3.05) is 13.1 Å². The number of piperidine rings is 1. The Morgan fingerprint density at radius 1 is 1.31 bits per heavy atom. The highest BCUT2D eigenvalue weighted by Gasteiger charge is 2.37.